The van der Waals surface area contributed by atoms with E-state index >= 15 is 0 Å². The van der Waals surface area contributed by atoms with Crippen LogP contribution in [-0.2, 0) is 6.42 Å². The van der Waals surface area contributed by atoms with E-state index < -0.39 is 0 Å². The summed E-state index contributed by atoms with van der Waals surface area (Å²) in [4.78, 5) is 13.0. The third kappa shape index (κ3) is 3.03. The van der Waals surface area contributed by atoms with Gasteiger partial charge in [0.05, 0.1) is 0 Å². The Morgan fingerprint density at radius 2 is 2.24 bits per heavy atom. The van der Waals surface area contributed by atoms with Crippen LogP contribution in [0, 0.1) is 0 Å². The fourth-order valence-electron chi connectivity index (χ4n) is 2.53. The Kier molecular flexibility index (Phi) is 3.85. The van der Waals surface area contributed by atoms with E-state index in [4.69, 9.17) is 4.52 Å². The zero-order chi connectivity index (χ0) is 14.8. The molecule has 1 aliphatic heterocycles. The van der Waals surface area contributed by atoms with Gasteiger partial charge in [0.1, 0.15) is 5.75 Å². The van der Waals surface area contributed by atoms with E-state index in [0.29, 0.717) is 17.6 Å². The Balaban J connectivity index is 1.75. The molecule has 1 atom stereocenters. The number of piperazine rings is 1. The third-order valence-corrected chi connectivity index (χ3v) is 3.86. The first-order valence-corrected chi connectivity index (χ1v) is 6.99. The first kappa shape index (κ1) is 14.0. The van der Waals surface area contributed by atoms with Crippen molar-refractivity contribution in [3.8, 4) is 17.3 Å². The maximum Gasteiger partial charge on any atom is 0.280 e. The van der Waals surface area contributed by atoms with Crippen molar-refractivity contribution in [1.82, 2.24) is 24.9 Å². The third-order valence-electron chi connectivity index (χ3n) is 3.86. The van der Waals surface area contributed by atoms with E-state index in [1.54, 1.807) is 18.3 Å². The molecule has 7 nitrogen and oxygen atoms in total. The van der Waals surface area contributed by atoms with Crippen molar-refractivity contribution in [3.63, 3.8) is 0 Å². The maximum absolute atomic E-state index is 9.77. The predicted octanol–water partition coefficient (Wildman–Crippen LogP) is 0.625. The zero-order valence-electron chi connectivity index (χ0n) is 12.2. The number of rotatable bonds is 3. The molecule has 1 N–H and O–H groups in total. The molecule has 3 rings (SSSR count). The van der Waals surface area contributed by atoms with Gasteiger partial charge in [-0.05, 0) is 26.2 Å². The van der Waals surface area contributed by atoms with Gasteiger partial charge in [-0.15, -0.1) is 0 Å². The highest BCUT2D eigenvalue weighted by Gasteiger charge is 2.24. The number of aromatic nitrogens is 3. The molecule has 0 saturated carbocycles. The molecule has 112 valence electrons. The average Bonchev–Trinajstić information content (AvgIpc) is 2.92. The van der Waals surface area contributed by atoms with Gasteiger partial charge < -0.3 is 19.4 Å². The van der Waals surface area contributed by atoms with Gasteiger partial charge in [-0.2, -0.15) is 4.98 Å². The van der Waals surface area contributed by atoms with Crippen LogP contribution in [0.1, 0.15) is 5.82 Å². The summed E-state index contributed by atoms with van der Waals surface area (Å²) in [7, 11) is 4.23. The summed E-state index contributed by atoms with van der Waals surface area (Å²) in [5.74, 6) is 0.944. The fraction of sp³-hybridized carbons (Fsp3) is 0.500. The SMILES string of the molecule is CN1CCN(C)C(Cc2noc(-c3ncccc3O)n2)C1. The number of likely N-dealkylation sites (N-methyl/N-ethyl adjacent to an activating group) is 2. The van der Waals surface area contributed by atoms with Crippen molar-refractivity contribution in [2.75, 3.05) is 33.7 Å². The van der Waals surface area contributed by atoms with E-state index in [9.17, 15) is 5.11 Å². The van der Waals surface area contributed by atoms with Gasteiger partial charge in [-0.25, -0.2) is 4.98 Å². The number of hydrogen-bond acceptors (Lipinski definition) is 7. The highest BCUT2D eigenvalue weighted by molar-refractivity contribution is 5.55. The minimum Gasteiger partial charge on any atom is -0.505 e. The molecule has 1 saturated heterocycles. The minimum atomic E-state index is 0.0437. The van der Waals surface area contributed by atoms with Gasteiger partial charge in [0.25, 0.3) is 5.89 Å². The van der Waals surface area contributed by atoms with Crippen LogP contribution < -0.4 is 0 Å². The van der Waals surface area contributed by atoms with Crippen LogP contribution in [0.25, 0.3) is 11.6 Å². The molecule has 0 amide bonds. The topological polar surface area (TPSA) is 78.5 Å². The Hall–Kier alpha value is -1.99. The van der Waals surface area contributed by atoms with Gasteiger partial charge in [-0.3, -0.25) is 0 Å². The first-order chi connectivity index (χ1) is 10.1. The van der Waals surface area contributed by atoms with Crippen molar-refractivity contribution in [2.24, 2.45) is 0 Å². The molecule has 2 aromatic heterocycles. The van der Waals surface area contributed by atoms with Crippen LogP contribution >= 0.6 is 0 Å². The quantitative estimate of drug-likeness (QED) is 0.887. The monoisotopic (exact) mass is 289 g/mol. The van der Waals surface area contributed by atoms with E-state index in [0.717, 1.165) is 26.1 Å². The molecule has 1 unspecified atom stereocenters. The summed E-state index contributed by atoms with van der Waals surface area (Å²) in [6.45, 7) is 3.09. The summed E-state index contributed by atoms with van der Waals surface area (Å²) in [6.07, 6.45) is 2.31. The van der Waals surface area contributed by atoms with Crippen LogP contribution in [0.2, 0.25) is 0 Å². The lowest BCUT2D eigenvalue weighted by atomic mass is 10.1. The molecular weight excluding hydrogens is 270 g/mol. The fourth-order valence-corrected chi connectivity index (χ4v) is 2.53. The first-order valence-electron chi connectivity index (χ1n) is 6.99. The van der Waals surface area contributed by atoms with Crippen molar-refractivity contribution < 1.29 is 9.63 Å². The molecule has 7 heteroatoms. The van der Waals surface area contributed by atoms with Crippen molar-refractivity contribution in [3.05, 3.63) is 24.2 Å². The lowest BCUT2D eigenvalue weighted by Gasteiger charge is -2.37. The van der Waals surface area contributed by atoms with Gasteiger partial charge in [0.2, 0.25) is 0 Å². The number of nitrogens with zero attached hydrogens (tertiary/aromatic N) is 5. The lowest BCUT2D eigenvalue weighted by Crippen LogP contribution is -2.50. The highest BCUT2D eigenvalue weighted by Crippen LogP contribution is 2.24. The molecule has 21 heavy (non-hydrogen) atoms. The Morgan fingerprint density at radius 1 is 1.38 bits per heavy atom. The Bertz CT molecular complexity index is 615. The number of pyridine rings is 1. The van der Waals surface area contributed by atoms with Crippen molar-refractivity contribution in [2.45, 2.75) is 12.5 Å². The number of hydrogen-bond donors (Lipinski definition) is 1. The molecule has 0 spiro atoms. The summed E-state index contributed by atoms with van der Waals surface area (Å²) in [6, 6.07) is 3.57. The van der Waals surface area contributed by atoms with E-state index in [-0.39, 0.29) is 11.6 Å². The summed E-state index contributed by atoms with van der Waals surface area (Å²) in [5, 5.41) is 13.8. The van der Waals surface area contributed by atoms with Gasteiger partial charge in [-0.1, -0.05) is 5.16 Å². The molecule has 0 aliphatic carbocycles. The molecule has 2 aromatic rings. The van der Waals surface area contributed by atoms with E-state index in [1.807, 2.05) is 0 Å². The van der Waals surface area contributed by atoms with Crippen molar-refractivity contribution in [1.29, 1.82) is 0 Å². The van der Waals surface area contributed by atoms with Gasteiger partial charge in [0, 0.05) is 38.3 Å². The number of aromatic hydroxyl groups is 1. The van der Waals surface area contributed by atoms with E-state index in [2.05, 4.69) is 39.0 Å². The summed E-state index contributed by atoms with van der Waals surface area (Å²) < 4.78 is 5.22. The van der Waals surface area contributed by atoms with Crippen LogP contribution in [-0.4, -0.2) is 69.8 Å². The molecule has 1 aliphatic rings. The lowest BCUT2D eigenvalue weighted by molar-refractivity contribution is 0.113. The van der Waals surface area contributed by atoms with Crippen LogP contribution in [0.4, 0.5) is 0 Å². The largest absolute Gasteiger partial charge is 0.505 e. The van der Waals surface area contributed by atoms with Gasteiger partial charge in [0.15, 0.2) is 11.5 Å². The van der Waals surface area contributed by atoms with Crippen LogP contribution in [0.5, 0.6) is 5.75 Å². The second-order valence-corrected chi connectivity index (χ2v) is 5.49. The molecule has 0 aromatic carbocycles. The normalized spacial score (nSPS) is 20.8. The average molecular weight is 289 g/mol. The van der Waals surface area contributed by atoms with E-state index in [1.165, 1.54) is 0 Å². The smallest absolute Gasteiger partial charge is 0.280 e. The Morgan fingerprint density at radius 3 is 3.05 bits per heavy atom. The zero-order valence-corrected chi connectivity index (χ0v) is 12.2. The second kappa shape index (κ2) is 5.79. The molecule has 3 heterocycles. The predicted molar refractivity (Wildman–Crippen MR) is 76.8 cm³/mol. The summed E-state index contributed by atoms with van der Waals surface area (Å²) >= 11 is 0. The molecule has 1 fully saturated rings. The second-order valence-electron chi connectivity index (χ2n) is 5.49. The highest BCUT2D eigenvalue weighted by atomic mass is 16.5. The Labute approximate surface area is 123 Å². The summed E-state index contributed by atoms with van der Waals surface area (Å²) in [5.41, 5.74) is 0.324. The standard InChI is InChI=1S/C14H19N5O2/c1-18-6-7-19(2)10(9-18)8-12-16-14(21-17-12)13-11(20)4-3-5-15-13/h3-5,10,20H,6-9H2,1-2H3. The maximum atomic E-state index is 9.77. The minimum absolute atomic E-state index is 0.0437. The van der Waals surface area contributed by atoms with Crippen LogP contribution in [0.3, 0.4) is 0 Å². The van der Waals surface area contributed by atoms with Crippen LogP contribution in [0.15, 0.2) is 22.9 Å². The molecule has 0 radical (unpaired) electrons. The molecular formula is C14H19N5O2. The molecule has 0 bridgehead atoms. The van der Waals surface area contributed by atoms with Gasteiger partial charge >= 0.3 is 0 Å². The van der Waals surface area contributed by atoms with Crippen molar-refractivity contribution >= 4 is 0 Å².